The van der Waals surface area contributed by atoms with Gasteiger partial charge in [-0.3, -0.25) is 0 Å². The molecule has 0 saturated carbocycles. The summed E-state index contributed by atoms with van der Waals surface area (Å²) in [5.41, 5.74) is 1.90. The van der Waals surface area contributed by atoms with E-state index < -0.39 is 12.1 Å². The van der Waals surface area contributed by atoms with Gasteiger partial charge in [-0.1, -0.05) is 60.7 Å². The van der Waals surface area contributed by atoms with Crippen LogP contribution in [0.25, 0.3) is 10.8 Å². The van der Waals surface area contributed by atoms with Crippen LogP contribution in [0.5, 0.6) is 5.75 Å². The molecule has 116 valence electrons. The fourth-order valence-corrected chi connectivity index (χ4v) is 2.69. The predicted octanol–water partition coefficient (Wildman–Crippen LogP) is 4.22. The van der Waals surface area contributed by atoms with Gasteiger partial charge in [-0.15, -0.1) is 0 Å². The number of carbonyl (C=O) groups is 1. The lowest BCUT2D eigenvalue weighted by atomic mass is 10.00. The highest BCUT2D eigenvalue weighted by atomic mass is 16.5. The first-order valence-corrected chi connectivity index (χ1v) is 7.57. The van der Waals surface area contributed by atoms with Crippen LogP contribution in [0, 0.1) is 6.92 Å². The Morgan fingerprint density at radius 1 is 1.00 bits per heavy atom. The van der Waals surface area contributed by atoms with Crippen LogP contribution in [0.15, 0.2) is 66.7 Å². The number of benzene rings is 3. The van der Waals surface area contributed by atoms with Crippen molar-refractivity contribution in [3.63, 3.8) is 0 Å². The molecule has 3 aromatic rings. The SMILES string of the molecule is Cc1ccccc1OC(Cc1cccc2ccccc12)C(=O)O. The van der Waals surface area contributed by atoms with E-state index in [1.807, 2.05) is 67.6 Å². The van der Waals surface area contributed by atoms with Crippen molar-refractivity contribution in [1.82, 2.24) is 0 Å². The molecule has 3 aromatic carbocycles. The average Bonchev–Trinajstić information content (AvgIpc) is 2.56. The molecule has 23 heavy (non-hydrogen) atoms. The number of hydrogen-bond acceptors (Lipinski definition) is 2. The minimum absolute atomic E-state index is 0.324. The Hall–Kier alpha value is -2.81. The maximum absolute atomic E-state index is 11.6. The molecule has 0 saturated heterocycles. The second kappa shape index (κ2) is 6.53. The van der Waals surface area contributed by atoms with Gasteiger partial charge in [0.1, 0.15) is 5.75 Å². The lowest BCUT2D eigenvalue weighted by Gasteiger charge is -2.17. The number of carboxylic acid groups (broad SMARTS) is 1. The van der Waals surface area contributed by atoms with E-state index in [0.29, 0.717) is 12.2 Å². The van der Waals surface area contributed by atoms with E-state index in [-0.39, 0.29) is 0 Å². The number of hydrogen-bond donors (Lipinski definition) is 1. The van der Waals surface area contributed by atoms with Gasteiger partial charge in [-0.05, 0) is 34.9 Å². The summed E-state index contributed by atoms with van der Waals surface area (Å²) in [5.74, 6) is -0.346. The molecule has 0 aliphatic carbocycles. The summed E-state index contributed by atoms with van der Waals surface area (Å²) >= 11 is 0. The third-order valence-electron chi connectivity index (χ3n) is 3.92. The molecule has 1 N–H and O–H groups in total. The van der Waals surface area contributed by atoms with Crippen LogP contribution in [0.1, 0.15) is 11.1 Å². The number of carboxylic acids is 1. The third kappa shape index (κ3) is 3.34. The molecule has 0 heterocycles. The number of aliphatic carboxylic acids is 1. The van der Waals surface area contributed by atoms with Crippen molar-refractivity contribution in [3.05, 3.63) is 77.9 Å². The third-order valence-corrected chi connectivity index (χ3v) is 3.92. The molecule has 0 spiro atoms. The predicted molar refractivity (Wildman–Crippen MR) is 90.9 cm³/mol. The van der Waals surface area contributed by atoms with Crippen LogP contribution in [0.4, 0.5) is 0 Å². The summed E-state index contributed by atoms with van der Waals surface area (Å²) in [4.78, 5) is 11.6. The highest BCUT2D eigenvalue weighted by Gasteiger charge is 2.21. The zero-order valence-electron chi connectivity index (χ0n) is 12.9. The summed E-state index contributed by atoms with van der Waals surface area (Å²) in [5, 5.41) is 11.7. The maximum Gasteiger partial charge on any atom is 0.345 e. The molecule has 3 heteroatoms. The molecule has 0 aromatic heterocycles. The highest BCUT2D eigenvalue weighted by molar-refractivity contribution is 5.86. The lowest BCUT2D eigenvalue weighted by Crippen LogP contribution is -2.29. The molecule has 3 nitrogen and oxygen atoms in total. The molecule has 0 amide bonds. The molecule has 1 atom stereocenters. The molecule has 0 radical (unpaired) electrons. The first kappa shape index (κ1) is 15.1. The van der Waals surface area contributed by atoms with Crippen LogP contribution in [-0.4, -0.2) is 17.2 Å². The summed E-state index contributed by atoms with van der Waals surface area (Å²) in [6.45, 7) is 1.91. The van der Waals surface area contributed by atoms with Crippen LogP contribution in [0.2, 0.25) is 0 Å². The van der Waals surface area contributed by atoms with E-state index in [2.05, 4.69) is 0 Å². The Balaban J connectivity index is 1.90. The fraction of sp³-hybridized carbons (Fsp3) is 0.150. The Kier molecular flexibility index (Phi) is 4.29. The van der Waals surface area contributed by atoms with Gasteiger partial charge in [0.25, 0.3) is 0 Å². The molecular weight excluding hydrogens is 288 g/mol. The number of fused-ring (bicyclic) bond motifs is 1. The van der Waals surface area contributed by atoms with Crippen molar-refractivity contribution in [2.75, 3.05) is 0 Å². The normalized spacial score (nSPS) is 12.0. The van der Waals surface area contributed by atoms with Crippen molar-refractivity contribution in [3.8, 4) is 5.75 Å². The Labute approximate surface area is 135 Å². The highest BCUT2D eigenvalue weighted by Crippen LogP contribution is 2.23. The average molecular weight is 306 g/mol. The second-order valence-corrected chi connectivity index (χ2v) is 5.55. The number of ether oxygens (including phenoxy) is 1. The van der Waals surface area contributed by atoms with Crippen LogP contribution in [-0.2, 0) is 11.2 Å². The van der Waals surface area contributed by atoms with E-state index in [1.165, 1.54) is 0 Å². The molecule has 1 unspecified atom stereocenters. The number of aryl methyl sites for hydroxylation is 1. The quantitative estimate of drug-likeness (QED) is 0.767. The fourth-order valence-electron chi connectivity index (χ4n) is 2.69. The summed E-state index contributed by atoms with van der Waals surface area (Å²) < 4.78 is 5.76. The zero-order valence-corrected chi connectivity index (χ0v) is 12.9. The van der Waals surface area contributed by atoms with E-state index in [9.17, 15) is 9.90 Å². The van der Waals surface area contributed by atoms with Crippen molar-refractivity contribution in [2.45, 2.75) is 19.4 Å². The molecular formula is C20H18O3. The van der Waals surface area contributed by atoms with Crippen molar-refractivity contribution < 1.29 is 14.6 Å². The van der Waals surface area contributed by atoms with Gasteiger partial charge < -0.3 is 9.84 Å². The molecule has 0 aliphatic heterocycles. The minimum atomic E-state index is -0.957. The van der Waals surface area contributed by atoms with E-state index in [1.54, 1.807) is 6.07 Å². The Morgan fingerprint density at radius 2 is 1.70 bits per heavy atom. The molecule has 0 aliphatic rings. The monoisotopic (exact) mass is 306 g/mol. The standard InChI is InChI=1S/C20H18O3/c1-14-7-2-5-12-18(14)23-19(20(21)22)13-16-10-6-9-15-8-3-4-11-17(15)16/h2-12,19H,13H2,1H3,(H,21,22). The Morgan fingerprint density at radius 3 is 2.48 bits per heavy atom. The molecule has 0 fully saturated rings. The van der Waals surface area contributed by atoms with Crippen molar-refractivity contribution >= 4 is 16.7 Å². The van der Waals surface area contributed by atoms with Gasteiger partial charge >= 0.3 is 5.97 Å². The van der Waals surface area contributed by atoms with Gasteiger partial charge in [0, 0.05) is 6.42 Å². The van der Waals surface area contributed by atoms with Crippen molar-refractivity contribution in [1.29, 1.82) is 0 Å². The summed E-state index contributed by atoms with van der Waals surface area (Å²) in [7, 11) is 0. The van der Waals surface area contributed by atoms with Crippen LogP contribution >= 0.6 is 0 Å². The topological polar surface area (TPSA) is 46.5 Å². The van der Waals surface area contributed by atoms with E-state index >= 15 is 0 Å². The zero-order chi connectivity index (χ0) is 16.2. The van der Waals surface area contributed by atoms with E-state index in [0.717, 1.165) is 21.9 Å². The van der Waals surface area contributed by atoms with E-state index in [4.69, 9.17) is 4.74 Å². The lowest BCUT2D eigenvalue weighted by molar-refractivity contribution is -0.145. The van der Waals surface area contributed by atoms with Gasteiger partial charge in [-0.25, -0.2) is 4.79 Å². The molecule has 0 bridgehead atoms. The Bertz CT molecular complexity index is 834. The summed E-state index contributed by atoms with van der Waals surface area (Å²) in [6, 6.07) is 21.4. The second-order valence-electron chi connectivity index (χ2n) is 5.55. The largest absolute Gasteiger partial charge is 0.478 e. The van der Waals surface area contributed by atoms with Gasteiger partial charge in [0.15, 0.2) is 6.10 Å². The number of rotatable bonds is 5. The van der Waals surface area contributed by atoms with Crippen LogP contribution in [0.3, 0.4) is 0 Å². The number of para-hydroxylation sites is 1. The summed E-state index contributed by atoms with van der Waals surface area (Å²) in [6.07, 6.45) is -0.590. The first-order chi connectivity index (χ1) is 11.1. The van der Waals surface area contributed by atoms with Gasteiger partial charge in [0.2, 0.25) is 0 Å². The van der Waals surface area contributed by atoms with Gasteiger partial charge in [0.05, 0.1) is 0 Å². The van der Waals surface area contributed by atoms with Crippen LogP contribution < -0.4 is 4.74 Å². The minimum Gasteiger partial charge on any atom is -0.478 e. The van der Waals surface area contributed by atoms with Crippen molar-refractivity contribution in [2.24, 2.45) is 0 Å². The smallest absolute Gasteiger partial charge is 0.345 e. The maximum atomic E-state index is 11.6. The van der Waals surface area contributed by atoms with Gasteiger partial charge in [-0.2, -0.15) is 0 Å². The first-order valence-electron chi connectivity index (χ1n) is 7.57. The molecule has 3 rings (SSSR count).